The molecule has 3 aromatic rings. The fourth-order valence-corrected chi connectivity index (χ4v) is 3.39. The summed E-state index contributed by atoms with van der Waals surface area (Å²) < 4.78 is 7.45. The van der Waals surface area contributed by atoms with E-state index in [1.165, 1.54) is 0 Å². The first-order chi connectivity index (χ1) is 11.6. The molecule has 0 bridgehead atoms. The van der Waals surface area contributed by atoms with Crippen molar-refractivity contribution >= 4 is 23.0 Å². The Labute approximate surface area is 139 Å². The van der Waals surface area contributed by atoms with E-state index in [-0.39, 0.29) is 17.9 Å². The Balaban J connectivity index is 1.52. The van der Waals surface area contributed by atoms with E-state index in [1.54, 1.807) is 9.58 Å². The Bertz CT molecular complexity index is 851. The molecule has 0 saturated carbocycles. The maximum Gasteiger partial charge on any atom is 0.295 e. The standard InChI is InChI=1S/C17H19N5O2/c1-21-10-12(9-19-21)16-11(7-15(23)22(16)2)8-18-17-20-13-5-3-4-6-14(13)24-17/h3-6,9-11,16H,7-8H2,1-2H3,(H,18,20)/t11-,16+/m0/s1. The number of hydrogen-bond donors (Lipinski definition) is 1. The molecule has 1 saturated heterocycles. The molecule has 1 aliphatic rings. The summed E-state index contributed by atoms with van der Waals surface area (Å²) in [6, 6.07) is 8.15. The van der Waals surface area contributed by atoms with Gasteiger partial charge in [-0.15, -0.1) is 0 Å². The molecule has 7 nitrogen and oxygen atoms in total. The Morgan fingerprint density at radius 1 is 1.33 bits per heavy atom. The van der Waals surface area contributed by atoms with Crippen LogP contribution in [0.2, 0.25) is 0 Å². The van der Waals surface area contributed by atoms with Crippen molar-refractivity contribution in [2.75, 3.05) is 18.9 Å². The number of nitrogens with one attached hydrogen (secondary N) is 1. The number of rotatable bonds is 4. The summed E-state index contributed by atoms with van der Waals surface area (Å²) in [5.41, 5.74) is 2.63. The van der Waals surface area contributed by atoms with Crippen molar-refractivity contribution < 1.29 is 9.21 Å². The van der Waals surface area contributed by atoms with E-state index < -0.39 is 0 Å². The van der Waals surface area contributed by atoms with Crippen LogP contribution in [-0.4, -0.2) is 39.2 Å². The van der Waals surface area contributed by atoms with Gasteiger partial charge in [0.25, 0.3) is 6.01 Å². The van der Waals surface area contributed by atoms with Gasteiger partial charge in [0.15, 0.2) is 5.58 Å². The summed E-state index contributed by atoms with van der Waals surface area (Å²) in [6.07, 6.45) is 4.29. The summed E-state index contributed by atoms with van der Waals surface area (Å²) in [5.74, 6) is 0.287. The maximum atomic E-state index is 12.2. The van der Waals surface area contributed by atoms with E-state index in [9.17, 15) is 4.79 Å². The third-order valence-corrected chi connectivity index (χ3v) is 4.57. The van der Waals surface area contributed by atoms with Crippen LogP contribution >= 0.6 is 0 Å². The zero-order valence-electron chi connectivity index (χ0n) is 13.6. The Hall–Kier alpha value is -2.83. The molecule has 3 heterocycles. The lowest BCUT2D eigenvalue weighted by molar-refractivity contribution is -0.127. The van der Waals surface area contributed by atoms with Gasteiger partial charge < -0.3 is 14.6 Å². The summed E-state index contributed by atoms with van der Waals surface area (Å²) in [5, 5.41) is 7.47. The highest BCUT2D eigenvalue weighted by Crippen LogP contribution is 2.36. The van der Waals surface area contributed by atoms with Crippen LogP contribution < -0.4 is 5.32 Å². The number of likely N-dealkylation sites (tertiary alicyclic amines) is 1. The van der Waals surface area contributed by atoms with E-state index in [1.807, 2.05) is 50.8 Å². The average Bonchev–Trinajstić information content (AvgIpc) is 3.24. The van der Waals surface area contributed by atoms with Crippen LogP contribution in [0.5, 0.6) is 0 Å². The van der Waals surface area contributed by atoms with Gasteiger partial charge in [0, 0.05) is 44.7 Å². The molecule has 0 unspecified atom stereocenters. The van der Waals surface area contributed by atoms with Crippen LogP contribution in [0, 0.1) is 5.92 Å². The lowest BCUT2D eigenvalue weighted by atomic mass is 9.96. The molecule has 7 heteroatoms. The molecule has 0 aliphatic carbocycles. The van der Waals surface area contributed by atoms with E-state index in [0.717, 1.165) is 16.7 Å². The molecule has 1 amide bonds. The van der Waals surface area contributed by atoms with Crippen LogP contribution in [0.15, 0.2) is 41.1 Å². The van der Waals surface area contributed by atoms with Crippen molar-refractivity contribution in [3.05, 3.63) is 42.2 Å². The van der Waals surface area contributed by atoms with Gasteiger partial charge in [-0.1, -0.05) is 12.1 Å². The first-order valence-corrected chi connectivity index (χ1v) is 7.95. The van der Waals surface area contributed by atoms with Crippen LogP contribution in [0.1, 0.15) is 18.0 Å². The zero-order chi connectivity index (χ0) is 16.7. The number of para-hydroxylation sites is 2. The first kappa shape index (κ1) is 14.7. The molecular formula is C17H19N5O2. The van der Waals surface area contributed by atoms with Gasteiger partial charge in [0.1, 0.15) is 5.52 Å². The SMILES string of the molecule is CN1C(=O)C[C@@H](CNc2nc3ccccc3o2)[C@@H]1c1cnn(C)c1. The zero-order valence-corrected chi connectivity index (χ0v) is 13.6. The lowest BCUT2D eigenvalue weighted by Gasteiger charge is -2.23. The van der Waals surface area contributed by atoms with Crippen LogP contribution in [0.4, 0.5) is 6.01 Å². The van der Waals surface area contributed by atoms with Crippen LogP contribution in [0.3, 0.4) is 0 Å². The van der Waals surface area contributed by atoms with Gasteiger partial charge in [-0.25, -0.2) is 0 Å². The van der Waals surface area contributed by atoms with E-state index in [4.69, 9.17) is 4.42 Å². The molecule has 2 aromatic heterocycles. The second-order valence-corrected chi connectivity index (χ2v) is 6.23. The second-order valence-electron chi connectivity index (χ2n) is 6.23. The van der Waals surface area contributed by atoms with Crippen molar-refractivity contribution in [3.8, 4) is 0 Å². The summed E-state index contributed by atoms with van der Waals surface area (Å²) in [7, 11) is 3.73. The predicted octanol–water partition coefficient (Wildman–Crippen LogP) is 2.19. The Morgan fingerprint density at radius 2 is 2.17 bits per heavy atom. The van der Waals surface area contributed by atoms with Crippen LogP contribution in [-0.2, 0) is 11.8 Å². The highest BCUT2D eigenvalue weighted by atomic mass is 16.4. The quantitative estimate of drug-likeness (QED) is 0.796. The van der Waals surface area contributed by atoms with Crippen molar-refractivity contribution in [3.63, 3.8) is 0 Å². The van der Waals surface area contributed by atoms with Crippen molar-refractivity contribution in [2.24, 2.45) is 13.0 Å². The van der Waals surface area contributed by atoms with Gasteiger partial charge in [-0.05, 0) is 12.1 Å². The summed E-state index contributed by atoms with van der Waals surface area (Å²) in [4.78, 5) is 18.4. The largest absolute Gasteiger partial charge is 0.424 e. The minimum absolute atomic E-state index is 0.0167. The smallest absolute Gasteiger partial charge is 0.295 e. The molecule has 1 aromatic carbocycles. The number of carbonyl (C=O) groups excluding carboxylic acids is 1. The number of hydrogen-bond acceptors (Lipinski definition) is 5. The lowest BCUT2D eigenvalue weighted by Crippen LogP contribution is -2.26. The Kier molecular flexibility index (Phi) is 3.48. The molecule has 0 radical (unpaired) electrons. The van der Waals surface area contributed by atoms with Crippen LogP contribution in [0.25, 0.3) is 11.1 Å². The number of carbonyl (C=O) groups is 1. The van der Waals surface area contributed by atoms with Gasteiger partial charge in [0.05, 0.1) is 12.2 Å². The number of oxazole rings is 1. The normalized spacial score (nSPS) is 20.9. The van der Waals surface area contributed by atoms with E-state index in [2.05, 4.69) is 15.4 Å². The molecule has 1 aliphatic heterocycles. The Morgan fingerprint density at radius 3 is 2.92 bits per heavy atom. The van der Waals surface area contributed by atoms with E-state index >= 15 is 0 Å². The number of fused-ring (bicyclic) bond motifs is 1. The second kappa shape index (κ2) is 5.67. The number of amides is 1. The number of aryl methyl sites for hydroxylation is 1. The highest BCUT2D eigenvalue weighted by molar-refractivity contribution is 5.79. The third-order valence-electron chi connectivity index (χ3n) is 4.57. The first-order valence-electron chi connectivity index (χ1n) is 7.95. The van der Waals surface area contributed by atoms with E-state index in [0.29, 0.717) is 19.0 Å². The van der Waals surface area contributed by atoms with Gasteiger partial charge >= 0.3 is 0 Å². The number of benzene rings is 1. The molecule has 1 N–H and O–H groups in total. The van der Waals surface area contributed by atoms with Crippen molar-refractivity contribution in [2.45, 2.75) is 12.5 Å². The fraction of sp³-hybridized carbons (Fsp3) is 0.353. The number of nitrogens with zero attached hydrogens (tertiary/aromatic N) is 4. The third kappa shape index (κ3) is 2.51. The van der Waals surface area contributed by atoms with Crippen molar-refractivity contribution in [1.82, 2.24) is 19.7 Å². The average molecular weight is 325 g/mol. The molecule has 24 heavy (non-hydrogen) atoms. The number of anilines is 1. The fourth-order valence-electron chi connectivity index (χ4n) is 3.39. The molecule has 0 spiro atoms. The maximum absolute atomic E-state index is 12.2. The minimum atomic E-state index is 0.0167. The summed E-state index contributed by atoms with van der Waals surface area (Å²) in [6.45, 7) is 0.614. The predicted molar refractivity (Wildman–Crippen MR) is 89.3 cm³/mol. The van der Waals surface area contributed by atoms with Gasteiger partial charge in [0.2, 0.25) is 5.91 Å². The number of aromatic nitrogens is 3. The monoisotopic (exact) mass is 325 g/mol. The molecule has 4 rings (SSSR count). The summed E-state index contributed by atoms with van der Waals surface area (Å²) >= 11 is 0. The van der Waals surface area contributed by atoms with Gasteiger partial charge in [-0.3, -0.25) is 9.48 Å². The minimum Gasteiger partial charge on any atom is -0.424 e. The van der Waals surface area contributed by atoms with Crippen molar-refractivity contribution in [1.29, 1.82) is 0 Å². The molecular weight excluding hydrogens is 306 g/mol. The molecule has 1 fully saturated rings. The van der Waals surface area contributed by atoms with Gasteiger partial charge in [-0.2, -0.15) is 10.1 Å². The molecule has 2 atom stereocenters. The molecule has 124 valence electrons. The topological polar surface area (TPSA) is 76.2 Å². The highest BCUT2D eigenvalue weighted by Gasteiger charge is 2.39.